The molecule has 146 valence electrons. The molecule has 3 aromatic heterocycles. The van der Waals surface area contributed by atoms with Gasteiger partial charge in [0.15, 0.2) is 5.65 Å². The van der Waals surface area contributed by atoms with E-state index < -0.39 is 0 Å². The summed E-state index contributed by atoms with van der Waals surface area (Å²) in [4.78, 5) is 33.6. The summed E-state index contributed by atoms with van der Waals surface area (Å²) in [5, 5.41) is 3.48. The molecule has 0 saturated carbocycles. The van der Waals surface area contributed by atoms with E-state index in [9.17, 15) is 4.79 Å². The highest BCUT2D eigenvalue weighted by molar-refractivity contribution is 6.33. The molecule has 1 aliphatic rings. The summed E-state index contributed by atoms with van der Waals surface area (Å²) in [5.74, 6) is 0.592. The molecule has 1 aliphatic heterocycles. The number of carbonyl (C=O) groups excluding carboxylic acids is 1. The number of urea groups is 1. The molecular weight excluding hydrogens is 390 g/mol. The van der Waals surface area contributed by atoms with Crippen LogP contribution in [-0.2, 0) is 0 Å². The third-order valence-electron chi connectivity index (χ3n) is 5.00. The van der Waals surface area contributed by atoms with E-state index in [0.717, 1.165) is 42.7 Å². The number of pyridine rings is 1. The van der Waals surface area contributed by atoms with Gasteiger partial charge in [-0.1, -0.05) is 11.6 Å². The number of aromatic amines is 2. The van der Waals surface area contributed by atoms with Gasteiger partial charge in [0.1, 0.15) is 5.82 Å². The van der Waals surface area contributed by atoms with Crippen molar-refractivity contribution in [3.63, 3.8) is 0 Å². The van der Waals surface area contributed by atoms with Crippen LogP contribution in [0.15, 0.2) is 43.0 Å². The molecule has 3 N–H and O–H groups in total. The number of amides is 2. The molecule has 1 aromatic carbocycles. The van der Waals surface area contributed by atoms with Crippen molar-refractivity contribution in [1.82, 2.24) is 29.8 Å². The number of hydrogen-bond acceptors (Lipinski definition) is 4. The van der Waals surface area contributed by atoms with Crippen molar-refractivity contribution >= 4 is 34.5 Å². The van der Waals surface area contributed by atoms with E-state index in [2.05, 4.69) is 30.2 Å². The van der Waals surface area contributed by atoms with Gasteiger partial charge in [0.2, 0.25) is 0 Å². The van der Waals surface area contributed by atoms with Gasteiger partial charge in [0.25, 0.3) is 0 Å². The Morgan fingerprint density at radius 3 is 2.83 bits per heavy atom. The molecule has 0 radical (unpaired) electrons. The molecule has 5 rings (SSSR count). The van der Waals surface area contributed by atoms with Crippen molar-refractivity contribution in [1.29, 1.82) is 0 Å². The predicted molar refractivity (Wildman–Crippen MR) is 112 cm³/mol. The largest absolute Gasteiger partial charge is 0.351 e. The maximum Gasteiger partial charge on any atom is 0.321 e. The van der Waals surface area contributed by atoms with Crippen LogP contribution >= 0.6 is 11.6 Å². The number of fused-ring (bicyclic) bond motifs is 1. The summed E-state index contributed by atoms with van der Waals surface area (Å²) in [6.45, 7) is 1.58. The summed E-state index contributed by atoms with van der Waals surface area (Å²) in [7, 11) is 0. The number of aromatic nitrogens is 5. The van der Waals surface area contributed by atoms with Crippen LogP contribution in [0.3, 0.4) is 0 Å². The predicted octanol–water partition coefficient (Wildman–Crippen LogP) is 4.30. The van der Waals surface area contributed by atoms with Crippen molar-refractivity contribution in [2.45, 2.75) is 12.8 Å². The van der Waals surface area contributed by atoms with Crippen LogP contribution in [0.5, 0.6) is 0 Å². The SMILES string of the molecule is O=C(Nc1ccc(Cl)c(-c2nc3ncc(-c4c[nH]cn4)cc3[nH]2)c1)N1CCCC1. The minimum absolute atomic E-state index is 0.0920. The van der Waals surface area contributed by atoms with Crippen molar-refractivity contribution in [3.05, 3.63) is 48.0 Å². The standard InChI is InChI=1S/C20H18ClN7O/c21-15-4-3-13(25-20(29)28-5-1-2-6-28)8-14(15)18-26-16-7-12(9-23-19(16)27-18)17-10-22-11-24-17/h3-4,7-11H,1-2,5-6H2,(H,22,24)(H,25,29)(H,23,26,27). The number of carbonyl (C=O) groups is 1. The van der Waals surface area contributed by atoms with Crippen molar-refractivity contribution in [2.24, 2.45) is 0 Å². The van der Waals surface area contributed by atoms with Gasteiger partial charge in [0, 0.05) is 42.3 Å². The third kappa shape index (κ3) is 3.42. The summed E-state index contributed by atoms with van der Waals surface area (Å²) >= 11 is 6.42. The molecule has 2 amide bonds. The number of benzene rings is 1. The Bertz CT molecular complexity index is 1180. The number of nitrogens with one attached hydrogen (secondary N) is 3. The van der Waals surface area contributed by atoms with Gasteiger partial charge >= 0.3 is 6.03 Å². The maximum absolute atomic E-state index is 12.4. The smallest absolute Gasteiger partial charge is 0.321 e. The Balaban J connectivity index is 1.46. The summed E-state index contributed by atoms with van der Waals surface area (Å²) in [6, 6.07) is 7.22. The summed E-state index contributed by atoms with van der Waals surface area (Å²) < 4.78 is 0. The number of anilines is 1. The van der Waals surface area contributed by atoms with E-state index in [1.807, 2.05) is 23.2 Å². The van der Waals surface area contributed by atoms with E-state index in [-0.39, 0.29) is 6.03 Å². The van der Waals surface area contributed by atoms with Gasteiger partial charge in [0.05, 0.1) is 22.6 Å². The number of H-pyrrole nitrogens is 2. The lowest BCUT2D eigenvalue weighted by atomic mass is 10.2. The highest BCUT2D eigenvalue weighted by atomic mass is 35.5. The second kappa shape index (κ2) is 7.21. The number of imidazole rings is 2. The van der Waals surface area contributed by atoms with E-state index in [4.69, 9.17) is 11.6 Å². The lowest BCUT2D eigenvalue weighted by molar-refractivity contribution is 0.222. The second-order valence-corrected chi connectivity index (χ2v) is 7.36. The molecule has 0 bridgehead atoms. The highest BCUT2D eigenvalue weighted by Gasteiger charge is 2.19. The van der Waals surface area contributed by atoms with Crippen molar-refractivity contribution in [2.75, 3.05) is 18.4 Å². The van der Waals surface area contributed by atoms with Gasteiger partial charge in [-0.15, -0.1) is 0 Å². The van der Waals surface area contributed by atoms with Crippen LogP contribution in [0, 0.1) is 0 Å². The number of nitrogens with zero attached hydrogens (tertiary/aromatic N) is 4. The number of hydrogen-bond donors (Lipinski definition) is 3. The third-order valence-corrected chi connectivity index (χ3v) is 5.33. The molecule has 8 nitrogen and oxygen atoms in total. The van der Waals surface area contributed by atoms with Crippen LogP contribution < -0.4 is 5.32 Å². The van der Waals surface area contributed by atoms with Crippen LogP contribution in [0.25, 0.3) is 33.8 Å². The lowest BCUT2D eigenvalue weighted by Crippen LogP contribution is -2.32. The quantitative estimate of drug-likeness (QED) is 0.471. The van der Waals surface area contributed by atoms with Crippen LogP contribution in [-0.4, -0.2) is 48.9 Å². The first-order valence-electron chi connectivity index (χ1n) is 9.38. The molecule has 0 unspecified atom stereocenters. The first kappa shape index (κ1) is 17.7. The monoisotopic (exact) mass is 407 g/mol. The van der Waals surface area contributed by atoms with E-state index in [1.165, 1.54) is 0 Å². The zero-order chi connectivity index (χ0) is 19.8. The number of halogens is 1. The highest BCUT2D eigenvalue weighted by Crippen LogP contribution is 2.31. The summed E-state index contributed by atoms with van der Waals surface area (Å²) in [5.41, 5.74) is 4.42. The lowest BCUT2D eigenvalue weighted by Gasteiger charge is -2.16. The zero-order valence-electron chi connectivity index (χ0n) is 15.4. The molecular formula is C20H18ClN7O. The molecule has 0 spiro atoms. The second-order valence-electron chi connectivity index (χ2n) is 6.95. The molecule has 0 aliphatic carbocycles. The van der Waals surface area contributed by atoms with Crippen molar-refractivity contribution < 1.29 is 4.79 Å². The fourth-order valence-electron chi connectivity index (χ4n) is 3.49. The zero-order valence-corrected chi connectivity index (χ0v) is 16.2. The topological polar surface area (TPSA) is 103 Å². The number of likely N-dealkylation sites (tertiary alicyclic amines) is 1. The average molecular weight is 408 g/mol. The first-order valence-corrected chi connectivity index (χ1v) is 9.76. The maximum atomic E-state index is 12.4. The fraction of sp³-hybridized carbons (Fsp3) is 0.200. The molecule has 1 fully saturated rings. The normalized spacial score (nSPS) is 13.9. The van der Waals surface area contributed by atoms with Crippen molar-refractivity contribution in [3.8, 4) is 22.6 Å². The minimum Gasteiger partial charge on any atom is -0.351 e. The van der Waals surface area contributed by atoms with Gasteiger partial charge < -0.3 is 20.2 Å². The Morgan fingerprint density at radius 1 is 1.17 bits per heavy atom. The van der Waals surface area contributed by atoms with Crippen LogP contribution in [0.1, 0.15) is 12.8 Å². The Labute approximate surface area is 171 Å². The molecule has 4 heterocycles. The van der Waals surface area contributed by atoms with E-state index in [0.29, 0.717) is 27.7 Å². The molecule has 9 heteroatoms. The summed E-state index contributed by atoms with van der Waals surface area (Å²) in [6.07, 6.45) is 7.26. The molecule has 4 aromatic rings. The minimum atomic E-state index is -0.0920. The fourth-order valence-corrected chi connectivity index (χ4v) is 3.70. The van der Waals surface area contributed by atoms with E-state index in [1.54, 1.807) is 24.7 Å². The molecule has 0 atom stereocenters. The van der Waals surface area contributed by atoms with Gasteiger partial charge in [-0.25, -0.2) is 19.7 Å². The Hall–Kier alpha value is -3.39. The van der Waals surface area contributed by atoms with Gasteiger partial charge in [-0.05, 0) is 37.1 Å². The number of rotatable bonds is 3. The van der Waals surface area contributed by atoms with Gasteiger partial charge in [-0.3, -0.25) is 0 Å². The van der Waals surface area contributed by atoms with Crippen LogP contribution in [0.2, 0.25) is 5.02 Å². The van der Waals surface area contributed by atoms with E-state index >= 15 is 0 Å². The average Bonchev–Trinajstić information content (AvgIpc) is 3.49. The molecule has 29 heavy (non-hydrogen) atoms. The first-order chi connectivity index (χ1) is 14.2. The Kier molecular flexibility index (Phi) is 4.40. The van der Waals surface area contributed by atoms with Gasteiger partial charge in [-0.2, -0.15) is 0 Å². The van der Waals surface area contributed by atoms with Crippen LogP contribution in [0.4, 0.5) is 10.5 Å². The molecule has 1 saturated heterocycles. The Morgan fingerprint density at radius 2 is 2.03 bits per heavy atom.